The number of nitrogens with one attached hydrogen (secondary N) is 1. The van der Waals surface area contributed by atoms with Crippen LogP contribution in [0.2, 0.25) is 0 Å². The summed E-state index contributed by atoms with van der Waals surface area (Å²) in [4.78, 5) is 13.9. The summed E-state index contributed by atoms with van der Waals surface area (Å²) >= 11 is 0. The second-order valence-corrected chi connectivity index (χ2v) is 3.62. The van der Waals surface area contributed by atoms with Gasteiger partial charge >= 0.3 is 0 Å². The number of hydrogen-bond donors (Lipinski definition) is 1. The Morgan fingerprint density at radius 1 is 1.33 bits per heavy atom. The summed E-state index contributed by atoms with van der Waals surface area (Å²) in [6.45, 7) is 3.96. The molecule has 0 saturated heterocycles. The van der Waals surface area contributed by atoms with Crippen molar-refractivity contribution in [2.75, 3.05) is 7.11 Å². The molecule has 0 aliphatic heterocycles. The van der Waals surface area contributed by atoms with Crippen LogP contribution in [0.3, 0.4) is 0 Å². The third-order valence-corrected chi connectivity index (χ3v) is 2.75. The summed E-state index contributed by atoms with van der Waals surface area (Å²) in [5, 5.41) is 1.08. The van der Waals surface area contributed by atoms with Crippen LogP contribution in [-0.2, 0) is 0 Å². The SMILES string of the molecule is COc1ccc(C)c2c(C)c(C=O)[nH]c12. The zero-order valence-electron chi connectivity index (χ0n) is 9.05. The Labute approximate surface area is 88.1 Å². The number of carbonyl (C=O) groups is 1. The van der Waals surface area contributed by atoms with Gasteiger partial charge in [-0.15, -0.1) is 0 Å². The van der Waals surface area contributed by atoms with Crippen molar-refractivity contribution in [3.05, 3.63) is 29.0 Å². The lowest BCUT2D eigenvalue weighted by molar-refractivity contribution is 0.111. The molecule has 3 heteroatoms. The van der Waals surface area contributed by atoms with E-state index < -0.39 is 0 Å². The van der Waals surface area contributed by atoms with Gasteiger partial charge in [0.1, 0.15) is 5.75 Å². The molecule has 0 bridgehead atoms. The van der Waals surface area contributed by atoms with Crippen LogP contribution in [0.25, 0.3) is 10.9 Å². The minimum absolute atomic E-state index is 0.623. The van der Waals surface area contributed by atoms with E-state index in [0.29, 0.717) is 5.69 Å². The number of aldehydes is 1. The maximum absolute atomic E-state index is 10.8. The predicted molar refractivity (Wildman–Crippen MR) is 59.7 cm³/mol. The summed E-state index contributed by atoms with van der Waals surface area (Å²) in [5.74, 6) is 0.770. The van der Waals surface area contributed by atoms with Crippen LogP contribution < -0.4 is 4.74 Å². The topological polar surface area (TPSA) is 42.1 Å². The standard InChI is InChI=1S/C12H13NO2/c1-7-4-5-10(15-3)12-11(7)8(2)9(6-14)13-12/h4-6,13H,1-3H3. The monoisotopic (exact) mass is 203 g/mol. The Morgan fingerprint density at radius 3 is 2.67 bits per heavy atom. The Hall–Kier alpha value is -1.77. The summed E-state index contributed by atoms with van der Waals surface area (Å²) in [6.07, 6.45) is 0.841. The summed E-state index contributed by atoms with van der Waals surface area (Å²) in [7, 11) is 1.63. The highest BCUT2D eigenvalue weighted by atomic mass is 16.5. The molecule has 2 rings (SSSR count). The van der Waals surface area contributed by atoms with Gasteiger partial charge in [0.05, 0.1) is 18.3 Å². The number of carbonyl (C=O) groups excluding carboxylic acids is 1. The van der Waals surface area contributed by atoms with Crippen molar-refractivity contribution < 1.29 is 9.53 Å². The lowest BCUT2D eigenvalue weighted by Crippen LogP contribution is -1.85. The highest BCUT2D eigenvalue weighted by Gasteiger charge is 2.12. The maximum atomic E-state index is 10.8. The highest BCUT2D eigenvalue weighted by Crippen LogP contribution is 2.31. The fourth-order valence-electron chi connectivity index (χ4n) is 1.95. The number of fused-ring (bicyclic) bond motifs is 1. The van der Waals surface area contributed by atoms with Crippen LogP contribution >= 0.6 is 0 Å². The fraction of sp³-hybridized carbons (Fsp3) is 0.250. The molecule has 15 heavy (non-hydrogen) atoms. The Kier molecular flexibility index (Phi) is 2.23. The minimum atomic E-state index is 0.623. The average Bonchev–Trinajstić information content (AvgIpc) is 2.57. The Balaban J connectivity index is 2.91. The number of ether oxygens (including phenoxy) is 1. The van der Waals surface area contributed by atoms with Crippen LogP contribution in [0.4, 0.5) is 0 Å². The molecule has 0 radical (unpaired) electrons. The molecule has 1 aromatic heterocycles. The molecular formula is C12H13NO2. The van der Waals surface area contributed by atoms with E-state index in [9.17, 15) is 4.79 Å². The zero-order chi connectivity index (χ0) is 11.0. The molecule has 1 heterocycles. The van der Waals surface area contributed by atoms with E-state index in [1.807, 2.05) is 26.0 Å². The lowest BCUT2D eigenvalue weighted by atomic mass is 10.1. The average molecular weight is 203 g/mol. The zero-order valence-corrected chi connectivity index (χ0v) is 9.05. The number of methoxy groups -OCH3 is 1. The van der Waals surface area contributed by atoms with Gasteiger partial charge in [-0.05, 0) is 31.0 Å². The Bertz CT molecular complexity index is 526. The first-order chi connectivity index (χ1) is 7.19. The minimum Gasteiger partial charge on any atom is -0.495 e. The molecular weight excluding hydrogens is 190 g/mol. The molecule has 3 nitrogen and oxygen atoms in total. The van der Waals surface area contributed by atoms with Crippen molar-refractivity contribution in [3.8, 4) is 5.75 Å². The number of aryl methyl sites for hydroxylation is 2. The van der Waals surface area contributed by atoms with Crippen LogP contribution in [0.1, 0.15) is 21.6 Å². The van der Waals surface area contributed by atoms with Gasteiger partial charge in [0.15, 0.2) is 6.29 Å². The molecule has 0 spiro atoms. The number of aromatic amines is 1. The normalized spacial score (nSPS) is 10.6. The van der Waals surface area contributed by atoms with Crippen molar-refractivity contribution in [2.24, 2.45) is 0 Å². The third-order valence-electron chi connectivity index (χ3n) is 2.75. The van der Waals surface area contributed by atoms with Crippen LogP contribution in [-0.4, -0.2) is 18.4 Å². The third kappa shape index (κ3) is 1.31. The molecule has 0 amide bonds. The van der Waals surface area contributed by atoms with Crippen LogP contribution in [0.15, 0.2) is 12.1 Å². The number of hydrogen-bond acceptors (Lipinski definition) is 2. The lowest BCUT2D eigenvalue weighted by Gasteiger charge is -2.03. The van der Waals surface area contributed by atoms with E-state index >= 15 is 0 Å². The number of H-pyrrole nitrogens is 1. The molecule has 1 N–H and O–H groups in total. The molecule has 78 valence electrons. The van der Waals surface area contributed by atoms with E-state index in [2.05, 4.69) is 4.98 Å². The van der Waals surface area contributed by atoms with Gasteiger partial charge in [-0.1, -0.05) is 6.07 Å². The number of rotatable bonds is 2. The summed E-state index contributed by atoms with van der Waals surface area (Å²) in [6, 6.07) is 3.90. The van der Waals surface area contributed by atoms with Crippen molar-refractivity contribution in [1.29, 1.82) is 0 Å². The summed E-state index contributed by atoms with van der Waals surface area (Å²) in [5.41, 5.74) is 3.65. The van der Waals surface area contributed by atoms with Crippen LogP contribution in [0.5, 0.6) is 5.75 Å². The smallest absolute Gasteiger partial charge is 0.166 e. The van der Waals surface area contributed by atoms with Gasteiger partial charge in [0.25, 0.3) is 0 Å². The first-order valence-corrected chi connectivity index (χ1v) is 4.80. The number of benzene rings is 1. The fourth-order valence-corrected chi connectivity index (χ4v) is 1.95. The van der Waals surface area contributed by atoms with Gasteiger partial charge < -0.3 is 9.72 Å². The van der Waals surface area contributed by atoms with Crippen molar-refractivity contribution in [1.82, 2.24) is 4.98 Å². The maximum Gasteiger partial charge on any atom is 0.166 e. The molecule has 1 aromatic carbocycles. The van der Waals surface area contributed by atoms with E-state index in [-0.39, 0.29) is 0 Å². The molecule has 0 aliphatic carbocycles. The Morgan fingerprint density at radius 2 is 2.07 bits per heavy atom. The molecule has 2 aromatic rings. The van der Waals surface area contributed by atoms with Crippen molar-refractivity contribution >= 4 is 17.2 Å². The molecule has 0 saturated carbocycles. The molecule has 0 unspecified atom stereocenters. The van der Waals surface area contributed by atoms with Gasteiger partial charge in [0.2, 0.25) is 0 Å². The van der Waals surface area contributed by atoms with Crippen molar-refractivity contribution in [3.63, 3.8) is 0 Å². The summed E-state index contributed by atoms with van der Waals surface area (Å²) < 4.78 is 5.25. The molecule has 0 aliphatic rings. The first-order valence-electron chi connectivity index (χ1n) is 4.80. The van der Waals surface area contributed by atoms with Gasteiger partial charge in [-0.25, -0.2) is 0 Å². The van der Waals surface area contributed by atoms with E-state index in [1.165, 1.54) is 0 Å². The predicted octanol–water partition coefficient (Wildman–Crippen LogP) is 2.61. The first kappa shape index (κ1) is 9.77. The van der Waals surface area contributed by atoms with Gasteiger partial charge in [0, 0.05) is 5.39 Å². The van der Waals surface area contributed by atoms with E-state index in [4.69, 9.17) is 4.74 Å². The highest BCUT2D eigenvalue weighted by molar-refractivity contribution is 5.97. The molecule has 0 atom stereocenters. The van der Waals surface area contributed by atoms with E-state index in [0.717, 1.165) is 34.1 Å². The largest absolute Gasteiger partial charge is 0.495 e. The second kappa shape index (κ2) is 3.42. The quantitative estimate of drug-likeness (QED) is 0.762. The van der Waals surface area contributed by atoms with E-state index in [1.54, 1.807) is 7.11 Å². The molecule has 0 fully saturated rings. The second-order valence-electron chi connectivity index (χ2n) is 3.62. The van der Waals surface area contributed by atoms with Gasteiger partial charge in [-0.3, -0.25) is 4.79 Å². The number of aromatic nitrogens is 1. The van der Waals surface area contributed by atoms with Crippen molar-refractivity contribution in [2.45, 2.75) is 13.8 Å². The van der Waals surface area contributed by atoms with Crippen LogP contribution in [0, 0.1) is 13.8 Å². The van der Waals surface area contributed by atoms with Gasteiger partial charge in [-0.2, -0.15) is 0 Å².